The van der Waals surface area contributed by atoms with Gasteiger partial charge in [-0.2, -0.15) is 0 Å². The molecular weight excluding hydrogens is 330 g/mol. The van der Waals surface area contributed by atoms with Gasteiger partial charge in [0.2, 0.25) is 5.95 Å². The van der Waals surface area contributed by atoms with Crippen LogP contribution in [0, 0.1) is 27.7 Å². The molecule has 0 amide bonds. The van der Waals surface area contributed by atoms with E-state index < -0.39 is 0 Å². The Morgan fingerprint density at radius 3 is 2.04 bits per heavy atom. The zero-order valence-electron chi connectivity index (χ0n) is 15.8. The molecule has 0 bridgehead atoms. The summed E-state index contributed by atoms with van der Waals surface area (Å²) in [5.74, 6) is 2.36. The van der Waals surface area contributed by atoms with E-state index in [0.29, 0.717) is 0 Å². The first-order valence-electron chi connectivity index (χ1n) is 8.44. The van der Waals surface area contributed by atoms with Crippen molar-refractivity contribution in [3.8, 4) is 22.3 Å². The molecule has 0 aliphatic carbocycles. The SMILES string of the molecule is Cc1noc(C)c1-c1cc(-c2c(C)noc2C)c2nc(N(C)C)[nH]c2c1. The van der Waals surface area contributed by atoms with Crippen molar-refractivity contribution >= 4 is 17.0 Å². The Balaban J connectivity index is 2.08. The Morgan fingerprint density at radius 2 is 1.50 bits per heavy atom. The standard InChI is InChI=1S/C19H21N5O2/c1-9-16(11(3)25-22-9)13-7-14(17-10(2)23-26-12(17)4)18-15(8-13)20-19(21-18)24(5)6/h7-8H,1-6H3,(H,20,21). The number of H-pyrrole nitrogens is 1. The predicted molar refractivity (Wildman–Crippen MR) is 100 cm³/mol. The smallest absolute Gasteiger partial charge is 0.203 e. The highest BCUT2D eigenvalue weighted by atomic mass is 16.5. The van der Waals surface area contributed by atoms with E-state index in [4.69, 9.17) is 14.0 Å². The first-order valence-corrected chi connectivity index (χ1v) is 8.44. The summed E-state index contributed by atoms with van der Waals surface area (Å²) in [6.45, 7) is 7.74. The highest BCUT2D eigenvalue weighted by Gasteiger charge is 2.21. The number of aromatic amines is 1. The van der Waals surface area contributed by atoms with Crippen LogP contribution in [0.4, 0.5) is 5.95 Å². The first kappa shape index (κ1) is 16.4. The summed E-state index contributed by atoms with van der Waals surface area (Å²) in [6.07, 6.45) is 0. The molecule has 1 N–H and O–H groups in total. The molecule has 3 heterocycles. The molecule has 4 rings (SSSR count). The Labute approximate surface area is 151 Å². The van der Waals surface area contributed by atoms with Crippen LogP contribution in [0.5, 0.6) is 0 Å². The molecule has 26 heavy (non-hydrogen) atoms. The maximum Gasteiger partial charge on any atom is 0.203 e. The van der Waals surface area contributed by atoms with Crippen molar-refractivity contribution in [2.75, 3.05) is 19.0 Å². The second-order valence-corrected chi connectivity index (χ2v) is 6.77. The molecule has 0 aliphatic rings. The number of aromatic nitrogens is 4. The summed E-state index contributed by atoms with van der Waals surface area (Å²) in [5, 5.41) is 8.21. The van der Waals surface area contributed by atoms with Gasteiger partial charge in [-0.15, -0.1) is 0 Å². The molecule has 134 valence electrons. The van der Waals surface area contributed by atoms with Crippen LogP contribution in [0.1, 0.15) is 22.9 Å². The Bertz CT molecular complexity index is 1080. The minimum atomic E-state index is 0.772. The van der Waals surface area contributed by atoms with Crippen molar-refractivity contribution < 1.29 is 9.05 Å². The van der Waals surface area contributed by atoms with Crippen LogP contribution in [0.3, 0.4) is 0 Å². The number of nitrogens with zero attached hydrogens (tertiary/aromatic N) is 4. The number of nitrogens with one attached hydrogen (secondary N) is 1. The molecule has 0 unspecified atom stereocenters. The number of fused-ring (bicyclic) bond motifs is 1. The van der Waals surface area contributed by atoms with Gasteiger partial charge >= 0.3 is 0 Å². The van der Waals surface area contributed by atoms with Crippen LogP contribution in [0.2, 0.25) is 0 Å². The molecular formula is C19H21N5O2. The molecule has 7 nitrogen and oxygen atoms in total. The summed E-state index contributed by atoms with van der Waals surface area (Å²) in [7, 11) is 3.92. The van der Waals surface area contributed by atoms with Gasteiger partial charge in [0.25, 0.3) is 0 Å². The second kappa shape index (κ2) is 5.72. The summed E-state index contributed by atoms with van der Waals surface area (Å²) in [4.78, 5) is 10.1. The van der Waals surface area contributed by atoms with E-state index in [2.05, 4.69) is 27.4 Å². The fourth-order valence-corrected chi connectivity index (χ4v) is 3.41. The number of imidazole rings is 1. The van der Waals surface area contributed by atoms with Gasteiger partial charge in [0.05, 0.1) is 22.4 Å². The van der Waals surface area contributed by atoms with Crippen molar-refractivity contribution in [2.24, 2.45) is 0 Å². The fourth-order valence-electron chi connectivity index (χ4n) is 3.41. The average Bonchev–Trinajstić information content (AvgIpc) is 3.25. The second-order valence-electron chi connectivity index (χ2n) is 6.77. The molecule has 7 heteroatoms. The quantitative estimate of drug-likeness (QED) is 0.596. The zero-order chi connectivity index (χ0) is 18.6. The van der Waals surface area contributed by atoms with Gasteiger partial charge in [-0.05, 0) is 45.4 Å². The molecule has 0 saturated heterocycles. The van der Waals surface area contributed by atoms with Gasteiger partial charge in [0.15, 0.2) is 0 Å². The van der Waals surface area contributed by atoms with E-state index in [1.54, 1.807) is 0 Å². The van der Waals surface area contributed by atoms with Crippen LogP contribution in [-0.2, 0) is 0 Å². The van der Waals surface area contributed by atoms with E-state index in [1.165, 1.54) is 0 Å². The number of hydrogen-bond donors (Lipinski definition) is 1. The van der Waals surface area contributed by atoms with E-state index >= 15 is 0 Å². The highest BCUT2D eigenvalue weighted by Crippen LogP contribution is 2.38. The van der Waals surface area contributed by atoms with E-state index in [0.717, 1.165) is 62.1 Å². The third-order valence-corrected chi connectivity index (χ3v) is 4.62. The zero-order valence-corrected chi connectivity index (χ0v) is 15.8. The third-order valence-electron chi connectivity index (χ3n) is 4.62. The van der Waals surface area contributed by atoms with Crippen molar-refractivity contribution in [1.82, 2.24) is 20.3 Å². The van der Waals surface area contributed by atoms with E-state index in [-0.39, 0.29) is 0 Å². The Kier molecular flexibility index (Phi) is 3.61. The van der Waals surface area contributed by atoms with Gasteiger partial charge in [-0.25, -0.2) is 4.98 Å². The van der Waals surface area contributed by atoms with Crippen LogP contribution < -0.4 is 4.90 Å². The lowest BCUT2D eigenvalue weighted by Gasteiger charge is -2.07. The van der Waals surface area contributed by atoms with Crippen molar-refractivity contribution in [2.45, 2.75) is 27.7 Å². The molecule has 0 saturated carbocycles. The normalized spacial score (nSPS) is 11.5. The number of hydrogen-bond acceptors (Lipinski definition) is 6. The molecule has 0 fully saturated rings. The van der Waals surface area contributed by atoms with Crippen LogP contribution in [0.15, 0.2) is 21.2 Å². The van der Waals surface area contributed by atoms with Gasteiger partial charge in [0, 0.05) is 30.8 Å². The number of aryl methyl sites for hydroxylation is 4. The number of benzene rings is 1. The Hall–Kier alpha value is -3.09. The van der Waals surface area contributed by atoms with Crippen LogP contribution in [-0.4, -0.2) is 34.4 Å². The van der Waals surface area contributed by atoms with Gasteiger partial charge in [-0.3, -0.25) is 0 Å². The molecule has 0 atom stereocenters. The van der Waals surface area contributed by atoms with Crippen molar-refractivity contribution in [3.63, 3.8) is 0 Å². The topological polar surface area (TPSA) is 84.0 Å². The maximum absolute atomic E-state index is 5.40. The van der Waals surface area contributed by atoms with Crippen LogP contribution in [0.25, 0.3) is 33.3 Å². The summed E-state index contributed by atoms with van der Waals surface area (Å²) in [6, 6.07) is 4.20. The summed E-state index contributed by atoms with van der Waals surface area (Å²) in [5.41, 5.74) is 7.52. The molecule has 3 aromatic heterocycles. The Morgan fingerprint density at radius 1 is 0.885 bits per heavy atom. The fraction of sp³-hybridized carbons (Fsp3) is 0.316. The van der Waals surface area contributed by atoms with Crippen molar-refractivity contribution in [3.05, 3.63) is 35.0 Å². The van der Waals surface area contributed by atoms with Gasteiger partial charge in [0.1, 0.15) is 11.5 Å². The highest BCUT2D eigenvalue weighted by molar-refractivity contribution is 5.98. The molecule has 0 spiro atoms. The van der Waals surface area contributed by atoms with Gasteiger partial charge < -0.3 is 18.9 Å². The lowest BCUT2D eigenvalue weighted by atomic mass is 9.96. The number of rotatable bonds is 3. The molecule has 1 aromatic carbocycles. The lowest BCUT2D eigenvalue weighted by molar-refractivity contribution is 0.393. The largest absolute Gasteiger partial charge is 0.361 e. The number of anilines is 1. The first-order chi connectivity index (χ1) is 12.4. The minimum Gasteiger partial charge on any atom is -0.361 e. The molecule has 4 aromatic rings. The predicted octanol–water partition coefficient (Wildman–Crippen LogP) is 4.17. The van der Waals surface area contributed by atoms with E-state index in [9.17, 15) is 0 Å². The van der Waals surface area contributed by atoms with Crippen molar-refractivity contribution in [1.29, 1.82) is 0 Å². The lowest BCUT2D eigenvalue weighted by Crippen LogP contribution is -2.09. The maximum atomic E-state index is 5.40. The average molecular weight is 351 g/mol. The third kappa shape index (κ3) is 2.39. The van der Waals surface area contributed by atoms with Gasteiger partial charge in [-0.1, -0.05) is 10.3 Å². The summed E-state index contributed by atoms with van der Waals surface area (Å²) < 4.78 is 10.8. The summed E-state index contributed by atoms with van der Waals surface area (Å²) >= 11 is 0. The molecule has 0 aliphatic heterocycles. The monoisotopic (exact) mass is 351 g/mol. The van der Waals surface area contributed by atoms with E-state index in [1.807, 2.05) is 46.7 Å². The minimum absolute atomic E-state index is 0.772. The van der Waals surface area contributed by atoms with Crippen LogP contribution >= 0.6 is 0 Å². The molecule has 0 radical (unpaired) electrons.